The van der Waals surface area contributed by atoms with Crippen LogP contribution in [0, 0.1) is 0 Å². The predicted octanol–water partition coefficient (Wildman–Crippen LogP) is -2.46. The van der Waals surface area contributed by atoms with Crippen molar-refractivity contribution in [2.45, 2.75) is 0 Å². The molecule has 96 valence electrons. The molecule has 0 bridgehead atoms. The van der Waals surface area contributed by atoms with Crippen LogP contribution >= 0.6 is 0 Å². The zero-order valence-electron chi connectivity index (χ0n) is 9.84. The third kappa shape index (κ3) is 2.77. The fraction of sp³-hybridized carbons (Fsp3) is 0. The lowest BCUT2D eigenvalue weighted by Gasteiger charge is -2.01. The van der Waals surface area contributed by atoms with E-state index in [1.807, 2.05) is 0 Å². The van der Waals surface area contributed by atoms with Crippen molar-refractivity contribution in [3.8, 4) is 0 Å². The predicted molar refractivity (Wildman–Crippen MR) is 70.3 cm³/mol. The summed E-state index contributed by atoms with van der Waals surface area (Å²) in [6.45, 7) is 0. The topological polar surface area (TPSA) is 103 Å². The van der Waals surface area contributed by atoms with Gasteiger partial charge in [-0.1, -0.05) is 18.2 Å². The van der Waals surface area contributed by atoms with Crippen molar-refractivity contribution >= 4 is 31.1 Å². The van der Waals surface area contributed by atoms with E-state index in [-0.39, 0.29) is 10.9 Å². The molecular formula is C11H11B2NO5. The Balaban J connectivity index is 2.41. The zero-order chi connectivity index (χ0) is 14.0. The van der Waals surface area contributed by atoms with E-state index in [0.29, 0.717) is 5.56 Å². The number of carbonyl (C=O) groups is 1. The van der Waals surface area contributed by atoms with Crippen LogP contribution in [0.3, 0.4) is 0 Å². The second kappa shape index (κ2) is 5.41. The minimum atomic E-state index is -1.89. The molecule has 8 heteroatoms. The summed E-state index contributed by atoms with van der Waals surface area (Å²) in [4.78, 5) is 12.1. The highest BCUT2D eigenvalue weighted by molar-refractivity contribution is 6.71. The molecular weight excluding hydrogens is 248 g/mol. The highest BCUT2D eigenvalue weighted by Gasteiger charge is 2.27. The Morgan fingerprint density at radius 3 is 1.79 bits per heavy atom. The fourth-order valence-corrected chi connectivity index (χ4v) is 1.76. The highest BCUT2D eigenvalue weighted by Crippen LogP contribution is 2.02. The maximum atomic E-state index is 12.1. The number of hydrogen-bond donors (Lipinski definition) is 4. The van der Waals surface area contributed by atoms with Gasteiger partial charge in [-0.25, -0.2) is 0 Å². The largest absolute Gasteiger partial charge is 0.489 e. The van der Waals surface area contributed by atoms with Gasteiger partial charge in [0, 0.05) is 28.9 Å². The normalized spacial score (nSPS) is 10.3. The van der Waals surface area contributed by atoms with E-state index >= 15 is 0 Å². The Bertz CT molecular complexity index is 557. The summed E-state index contributed by atoms with van der Waals surface area (Å²) < 4.78 is 1.08. The van der Waals surface area contributed by atoms with Crippen LogP contribution in [0.4, 0.5) is 0 Å². The number of rotatable bonds is 3. The van der Waals surface area contributed by atoms with Gasteiger partial charge in [0.25, 0.3) is 5.91 Å². The Labute approximate surface area is 109 Å². The molecule has 0 aliphatic heterocycles. The second-order valence-corrected chi connectivity index (χ2v) is 3.99. The van der Waals surface area contributed by atoms with Gasteiger partial charge in [-0.05, 0) is 12.1 Å². The summed E-state index contributed by atoms with van der Waals surface area (Å²) in [5, 5.41) is 36.5. The van der Waals surface area contributed by atoms with E-state index in [4.69, 9.17) is 20.1 Å². The van der Waals surface area contributed by atoms with Crippen LogP contribution in [0.25, 0.3) is 0 Å². The Morgan fingerprint density at radius 1 is 0.895 bits per heavy atom. The minimum absolute atomic E-state index is 0.126. The minimum Gasteiger partial charge on any atom is -0.423 e. The molecule has 0 fully saturated rings. The lowest BCUT2D eigenvalue weighted by atomic mass is 9.68. The van der Waals surface area contributed by atoms with Crippen molar-refractivity contribution in [3.63, 3.8) is 0 Å². The number of hydrogen-bond acceptors (Lipinski definition) is 5. The van der Waals surface area contributed by atoms with Crippen LogP contribution in [0.5, 0.6) is 0 Å². The lowest BCUT2D eigenvalue weighted by molar-refractivity contribution is 0.0960. The molecule has 0 radical (unpaired) electrons. The molecule has 19 heavy (non-hydrogen) atoms. The molecule has 2 aromatic rings. The molecule has 0 aliphatic rings. The maximum absolute atomic E-state index is 12.1. The molecule has 6 nitrogen and oxygen atoms in total. The molecule has 0 saturated carbocycles. The van der Waals surface area contributed by atoms with E-state index in [1.54, 1.807) is 30.3 Å². The number of aromatic nitrogens is 1. The van der Waals surface area contributed by atoms with E-state index in [0.717, 1.165) is 17.0 Å². The molecule has 0 unspecified atom stereocenters. The first-order valence-electron chi connectivity index (χ1n) is 5.54. The van der Waals surface area contributed by atoms with Gasteiger partial charge >= 0.3 is 14.2 Å². The maximum Gasteiger partial charge on any atom is 0.489 e. The summed E-state index contributed by atoms with van der Waals surface area (Å²) in [6.07, 6.45) is 2.32. The van der Waals surface area contributed by atoms with Gasteiger partial charge in [0.05, 0.1) is 0 Å². The van der Waals surface area contributed by atoms with Gasteiger partial charge in [-0.3, -0.25) is 9.36 Å². The van der Waals surface area contributed by atoms with Crippen molar-refractivity contribution in [2.75, 3.05) is 0 Å². The van der Waals surface area contributed by atoms with Gasteiger partial charge in [0.1, 0.15) is 0 Å². The van der Waals surface area contributed by atoms with E-state index in [2.05, 4.69) is 0 Å². The number of carbonyl (C=O) groups excluding carboxylic acids is 1. The monoisotopic (exact) mass is 259 g/mol. The lowest BCUT2D eigenvalue weighted by Crippen LogP contribution is -2.47. The van der Waals surface area contributed by atoms with Gasteiger partial charge in [-0.2, -0.15) is 0 Å². The van der Waals surface area contributed by atoms with E-state index < -0.39 is 20.1 Å². The molecule has 0 atom stereocenters. The fourth-order valence-electron chi connectivity index (χ4n) is 1.76. The molecule has 1 aromatic carbocycles. The summed E-state index contributed by atoms with van der Waals surface area (Å²) in [6, 6.07) is 8.36. The molecule has 0 spiro atoms. The van der Waals surface area contributed by atoms with Gasteiger partial charge in [0.2, 0.25) is 0 Å². The zero-order valence-corrected chi connectivity index (χ0v) is 9.84. The summed E-state index contributed by atoms with van der Waals surface area (Å²) >= 11 is 0. The SMILES string of the molecule is O=C(c1ccccc1)n1cc(B(O)O)c(B(O)O)c1. The van der Waals surface area contributed by atoms with Crippen molar-refractivity contribution in [1.29, 1.82) is 0 Å². The Hall–Kier alpha value is -1.86. The number of nitrogens with zero attached hydrogens (tertiary/aromatic N) is 1. The summed E-state index contributed by atoms with van der Waals surface area (Å²) in [7, 11) is -3.77. The van der Waals surface area contributed by atoms with Crippen molar-refractivity contribution in [2.24, 2.45) is 0 Å². The smallest absolute Gasteiger partial charge is 0.423 e. The van der Waals surface area contributed by atoms with Crippen LogP contribution in [-0.2, 0) is 0 Å². The molecule has 1 aromatic heterocycles. The van der Waals surface area contributed by atoms with Gasteiger partial charge in [-0.15, -0.1) is 0 Å². The molecule has 2 rings (SSSR count). The quantitative estimate of drug-likeness (QED) is 0.457. The first-order valence-corrected chi connectivity index (χ1v) is 5.54. The van der Waals surface area contributed by atoms with Crippen LogP contribution in [0.15, 0.2) is 42.7 Å². The first kappa shape index (κ1) is 13.6. The molecule has 4 N–H and O–H groups in total. The molecule has 1 heterocycles. The van der Waals surface area contributed by atoms with Gasteiger partial charge < -0.3 is 20.1 Å². The van der Waals surface area contributed by atoms with Crippen LogP contribution < -0.4 is 10.9 Å². The third-order valence-electron chi connectivity index (χ3n) is 2.70. The Kier molecular flexibility index (Phi) is 3.87. The molecule has 0 amide bonds. The standard InChI is InChI=1S/C11H11B2NO5/c15-11(8-4-2-1-3-5-8)14-6-9(12(16)17)10(7-14)13(18)19/h1-7,16-19H. The second-order valence-electron chi connectivity index (χ2n) is 3.99. The third-order valence-corrected chi connectivity index (χ3v) is 2.70. The first-order chi connectivity index (χ1) is 9.00. The van der Waals surface area contributed by atoms with Crippen LogP contribution in [0.1, 0.15) is 10.4 Å². The average Bonchev–Trinajstić information content (AvgIpc) is 2.84. The van der Waals surface area contributed by atoms with Gasteiger partial charge in [0.15, 0.2) is 0 Å². The van der Waals surface area contributed by atoms with Crippen molar-refractivity contribution in [1.82, 2.24) is 4.57 Å². The van der Waals surface area contributed by atoms with Crippen molar-refractivity contribution < 1.29 is 24.9 Å². The Morgan fingerprint density at radius 2 is 1.37 bits per heavy atom. The summed E-state index contributed by atoms with van der Waals surface area (Å²) in [5.41, 5.74) is 0.147. The van der Waals surface area contributed by atoms with Crippen LogP contribution in [0.2, 0.25) is 0 Å². The van der Waals surface area contributed by atoms with E-state index in [9.17, 15) is 4.79 Å². The molecule has 0 aliphatic carbocycles. The highest BCUT2D eigenvalue weighted by atomic mass is 16.4. The summed E-state index contributed by atoms with van der Waals surface area (Å²) in [5.74, 6) is -0.408. The van der Waals surface area contributed by atoms with E-state index in [1.165, 1.54) is 0 Å². The van der Waals surface area contributed by atoms with Crippen LogP contribution in [-0.4, -0.2) is 44.8 Å². The molecule has 0 saturated heterocycles. The van der Waals surface area contributed by atoms with Crippen molar-refractivity contribution in [3.05, 3.63) is 48.3 Å². The number of benzene rings is 1. The average molecular weight is 259 g/mol.